The Balaban J connectivity index is 2.01. The van der Waals surface area contributed by atoms with E-state index in [0.29, 0.717) is 13.2 Å². The van der Waals surface area contributed by atoms with E-state index in [-0.39, 0.29) is 18.3 Å². The number of cyclic esters (lactones) is 1. The van der Waals surface area contributed by atoms with Gasteiger partial charge in [0.05, 0.1) is 6.42 Å². The summed E-state index contributed by atoms with van der Waals surface area (Å²) in [4.78, 5) is 26.0. The number of carbonyl (C=O) groups excluding carboxylic acids is 2. The number of rotatable bonds is 5. The quantitative estimate of drug-likeness (QED) is 0.841. The number of likely N-dealkylation sites (N-methyl/N-ethyl adjacent to an activating group) is 1. The molecule has 1 atom stereocenters. The van der Waals surface area contributed by atoms with Gasteiger partial charge in [0.25, 0.3) is 0 Å². The molecule has 1 aromatic carbocycles. The van der Waals surface area contributed by atoms with Crippen LogP contribution in [-0.4, -0.2) is 42.5 Å². The number of morpholine rings is 1. The second-order valence-corrected chi connectivity index (χ2v) is 5.07. The topological polar surface area (TPSA) is 58.6 Å². The van der Waals surface area contributed by atoms with E-state index in [1.165, 1.54) is 0 Å². The van der Waals surface area contributed by atoms with Crippen LogP contribution in [0.1, 0.15) is 25.8 Å². The normalized spacial score (nSPS) is 19.1. The zero-order valence-corrected chi connectivity index (χ0v) is 12.6. The maximum absolute atomic E-state index is 12.2. The number of para-hydroxylation sites is 1. The fourth-order valence-corrected chi connectivity index (χ4v) is 2.58. The molecule has 0 unspecified atom stereocenters. The average Bonchev–Trinajstić information content (AvgIpc) is 2.49. The minimum Gasteiger partial charge on any atom is -0.463 e. The zero-order valence-electron chi connectivity index (χ0n) is 12.6. The molecule has 1 fully saturated rings. The molecule has 1 aliphatic heterocycles. The molecular weight excluding hydrogens is 268 g/mol. The lowest BCUT2D eigenvalue weighted by atomic mass is 10.1. The van der Waals surface area contributed by atoms with Crippen molar-refractivity contribution < 1.29 is 14.3 Å². The minimum atomic E-state index is -0.475. The first-order valence-corrected chi connectivity index (χ1v) is 7.44. The summed E-state index contributed by atoms with van der Waals surface area (Å²) in [5.41, 5.74) is 1.90. The Morgan fingerprint density at radius 3 is 2.86 bits per heavy atom. The van der Waals surface area contributed by atoms with Crippen molar-refractivity contribution in [2.24, 2.45) is 0 Å². The maximum atomic E-state index is 12.2. The first-order chi connectivity index (χ1) is 10.2. The first kappa shape index (κ1) is 15.5. The van der Waals surface area contributed by atoms with Gasteiger partial charge in [-0.05, 0) is 24.6 Å². The van der Waals surface area contributed by atoms with Gasteiger partial charge in [-0.1, -0.05) is 32.0 Å². The van der Waals surface area contributed by atoms with E-state index >= 15 is 0 Å². The number of esters is 1. The highest BCUT2D eigenvalue weighted by Crippen LogP contribution is 2.17. The molecule has 0 spiro atoms. The van der Waals surface area contributed by atoms with Crippen LogP contribution < -0.4 is 5.32 Å². The molecular formula is C16H22N2O3. The largest absolute Gasteiger partial charge is 0.463 e. The predicted molar refractivity (Wildman–Crippen MR) is 81.1 cm³/mol. The number of carbonyl (C=O) groups is 2. The van der Waals surface area contributed by atoms with Crippen LogP contribution in [0.15, 0.2) is 24.3 Å². The Morgan fingerprint density at radius 1 is 1.38 bits per heavy atom. The molecule has 5 heteroatoms. The third-order valence-electron chi connectivity index (χ3n) is 3.79. The van der Waals surface area contributed by atoms with Crippen LogP contribution in [0.3, 0.4) is 0 Å². The number of amides is 1. The van der Waals surface area contributed by atoms with Crippen LogP contribution in [0.5, 0.6) is 0 Å². The summed E-state index contributed by atoms with van der Waals surface area (Å²) in [6, 6.07) is 7.24. The molecule has 21 heavy (non-hydrogen) atoms. The molecule has 1 aromatic rings. The van der Waals surface area contributed by atoms with Crippen LogP contribution in [0.4, 0.5) is 5.69 Å². The van der Waals surface area contributed by atoms with Gasteiger partial charge >= 0.3 is 5.97 Å². The van der Waals surface area contributed by atoms with Crippen molar-refractivity contribution >= 4 is 17.6 Å². The number of nitrogens with zero attached hydrogens (tertiary/aromatic N) is 1. The zero-order chi connectivity index (χ0) is 15.2. The lowest BCUT2D eigenvalue weighted by molar-refractivity contribution is -0.158. The third-order valence-corrected chi connectivity index (χ3v) is 3.79. The number of hydrogen-bond acceptors (Lipinski definition) is 4. The van der Waals surface area contributed by atoms with Crippen LogP contribution >= 0.6 is 0 Å². The van der Waals surface area contributed by atoms with E-state index in [2.05, 4.69) is 5.32 Å². The van der Waals surface area contributed by atoms with Gasteiger partial charge in [-0.2, -0.15) is 0 Å². The molecule has 5 nitrogen and oxygen atoms in total. The average molecular weight is 290 g/mol. The van der Waals surface area contributed by atoms with Crippen molar-refractivity contribution in [3.63, 3.8) is 0 Å². The lowest BCUT2D eigenvalue weighted by Crippen LogP contribution is -2.50. The Bertz CT molecular complexity index is 516. The Labute approximate surface area is 125 Å². The molecule has 1 N–H and O–H groups in total. The van der Waals surface area contributed by atoms with Crippen molar-refractivity contribution in [3.05, 3.63) is 29.8 Å². The fourth-order valence-electron chi connectivity index (χ4n) is 2.58. The molecule has 0 radical (unpaired) electrons. The molecule has 0 bridgehead atoms. The Morgan fingerprint density at radius 2 is 2.14 bits per heavy atom. The number of benzene rings is 1. The number of anilines is 1. The first-order valence-electron chi connectivity index (χ1n) is 7.44. The molecule has 114 valence electrons. The summed E-state index contributed by atoms with van der Waals surface area (Å²) in [5, 5.41) is 2.90. The second-order valence-electron chi connectivity index (χ2n) is 5.07. The molecule has 1 amide bonds. The van der Waals surface area contributed by atoms with Gasteiger partial charge in [-0.3, -0.25) is 14.5 Å². The predicted octanol–water partition coefficient (Wildman–Crippen LogP) is 1.82. The standard InChI is InChI=1S/C16H22N2O3/c1-3-12-7-5-6-8-13(12)17-15(19)11-14-16(20)21-10-9-18(14)4-2/h5-8,14H,3-4,9-11H2,1-2H3,(H,17,19)/t14-/m1/s1. The van der Waals surface area contributed by atoms with E-state index in [9.17, 15) is 9.59 Å². The minimum absolute atomic E-state index is 0.130. The molecule has 1 aliphatic rings. The van der Waals surface area contributed by atoms with Gasteiger partial charge in [0.15, 0.2) is 0 Å². The molecule has 0 saturated carbocycles. The number of nitrogens with one attached hydrogen (secondary N) is 1. The van der Waals surface area contributed by atoms with Crippen LogP contribution in [0.25, 0.3) is 0 Å². The molecule has 1 saturated heterocycles. The van der Waals surface area contributed by atoms with E-state index in [1.54, 1.807) is 0 Å². The van der Waals surface area contributed by atoms with E-state index < -0.39 is 6.04 Å². The lowest BCUT2D eigenvalue weighted by Gasteiger charge is -2.32. The number of aryl methyl sites for hydroxylation is 1. The van der Waals surface area contributed by atoms with E-state index in [4.69, 9.17) is 4.74 Å². The van der Waals surface area contributed by atoms with E-state index in [1.807, 2.05) is 43.0 Å². The van der Waals surface area contributed by atoms with Crippen LogP contribution in [0, 0.1) is 0 Å². The van der Waals surface area contributed by atoms with Gasteiger partial charge in [0, 0.05) is 12.2 Å². The van der Waals surface area contributed by atoms with E-state index in [0.717, 1.165) is 24.2 Å². The highest BCUT2D eigenvalue weighted by Gasteiger charge is 2.32. The number of ether oxygens (including phenoxy) is 1. The Hall–Kier alpha value is -1.88. The van der Waals surface area contributed by atoms with Crippen molar-refractivity contribution in [2.45, 2.75) is 32.7 Å². The van der Waals surface area contributed by atoms with Crippen molar-refractivity contribution in [3.8, 4) is 0 Å². The van der Waals surface area contributed by atoms with Crippen molar-refractivity contribution in [2.75, 3.05) is 25.0 Å². The summed E-state index contributed by atoms with van der Waals surface area (Å²) in [7, 11) is 0. The van der Waals surface area contributed by atoms with Gasteiger partial charge in [-0.25, -0.2) is 0 Å². The molecule has 2 rings (SSSR count). The summed E-state index contributed by atoms with van der Waals surface area (Å²) in [5.74, 6) is -0.458. The summed E-state index contributed by atoms with van der Waals surface area (Å²) in [6.45, 7) is 5.85. The fraction of sp³-hybridized carbons (Fsp3) is 0.500. The van der Waals surface area contributed by atoms with Crippen LogP contribution in [0.2, 0.25) is 0 Å². The summed E-state index contributed by atoms with van der Waals surface area (Å²) in [6.07, 6.45) is 0.980. The van der Waals surface area contributed by atoms with Gasteiger partial charge in [-0.15, -0.1) is 0 Å². The highest BCUT2D eigenvalue weighted by molar-refractivity contribution is 5.95. The molecule has 0 aromatic heterocycles. The smallest absolute Gasteiger partial charge is 0.323 e. The number of hydrogen-bond donors (Lipinski definition) is 1. The molecule has 0 aliphatic carbocycles. The SMILES string of the molecule is CCc1ccccc1NC(=O)C[C@@H]1C(=O)OCCN1CC. The van der Waals surface area contributed by atoms with Crippen molar-refractivity contribution in [1.82, 2.24) is 4.90 Å². The van der Waals surface area contributed by atoms with Crippen LogP contribution in [-0.2, 0) is 20.7 Å². The van der Waals surface area contributed by atoms with Gasteiger partial charge in [0.1, 0.15) is 12.6 Å². The van der Waals surface area contributed by atoms with Gasteiger partial charge in [0.2, 0.25) is 5.91 Å². The Kier molecular flexibility index (Phi) is 5.33. The second kappa shape index (κ2) is 7.22. The summed E-state index contributed by atoms with van der Waals surface area (Å²) >= 11 is 0. The monoisotopic (exact) mass is 290 g/mol. The maximum Gasteiger partial charge on any atom is 0.323 e. The van der Waals surface area contributed by atoms with Crippen molar-refractivity contribution in [1.29, 1.82) is 0 Å². The highest BCUT2D eigenvalue weighted by atomic mass is 16.5. The summed E-state index contributed by atoms with van der Waals surface area (Å²) < 4.78 is 5.06. The molecule has 1 heterocycles. The van der Waals surface area contributed by atoms with Gasteiger partial charge < -0.3 is 10.1 Å². The third kappa shape index (κ3) is 3.82.